The number of tetrazole rings is 1. The summed E-state index contributed by atoms with van der Waals surface area (Å²) in [7, 11) is 1.87. The minimum atomic E-state index is -2.65. The number of hydrazone groups is 1. The molecule has 0 spiro atoms. The Morgan fingerprint density at radius 2 is 2.00 bits per heavy atom. The van der Waals surface area contributed by atoms with Crippen molar-refractivity contribution >= 4 is 20.4 Å². The van der Waals surface area contributed by atoms with Gasteiger partial charge in [0.1, 0.15) is 12.0 Å². The minimum absolute atomic E-state index is 0.347. The van der Waals surface area contributed by atoms with Gasteiger partial charge in [-0.2, -0.15) is 9.90 Å². The van der Waals surface area contributed by atoms with E-state index in [4.69, 9.17) is 0 Å². The Hall–Kier alpha value is -3.06. The highest BCUT2D eigenvalue weighted by atomic mass is 31.0. The molecule has 0 fully saturated rings. The topological polar surface area (TPSA) is 80.9 Å². The van der Waals surface area contributed by atoms with Crippen molar-refractivity contribution in [3.05, 3.63) is 66.5 Å². The standard InChI is InChI=1S/C17H16F2N7P/c1-11(21-23-17(27)15(18)19)13-7-8-14(20-9-13)10-26-24-16(22-25-26)12-5-3-2-4-6-12/h2-9,15,21H,1,10,27H2/b23-17-. The first-order valence-electron chi connectivity index (χ1n) is 7.87. The Bertz CT molecular complexity index is 939. The molecule has 10 heteroatoms. The summed E-state index contributed by atoms with van der Waals surface area (Å²) in [6, 6.07) is 13.1. The van der Waals surface area contributed by atoms with Crippen LogP contribution in [-0.2, 0) is 6.54 Å². The van der Waals surface area contributed by atoms with Crippen LogP contribution < -0.4 is 5.43 Å². The molecule has 1 aromatic carbocycles. The van der Waals surface area contributed by atoms with Gasteiger partial charge in [-0.1, -0.05) is 46.2 Å². The van der Waals surface area contributed by atoms with Crippen LogP contribution in [0, 0.1) is 0 Å². The normalized spacial score (nSPS) is 11.6. The molecule has 138 valence electrons. The molecule has 0 saturated carbocycles. The fourth-order valence-electron chi connectivity index (χ4n) is 2.10. The van der Waals surface area contributed by atoms with Crippen molar-refractivity contribution < 1.29 is 8.78 Å². The van der Waals surface area contributed by atoms with Crippen LogP contribution in [0.4, 0.5) is 8.78 Å². The second kappa shape index (κ2) is 8.55. The highest BCUT2D eigenvalue weighted by molar-refractivity contribution is 7.41. The average molecular weight is 387 g/mol. The Labute approximate surface area is 156 Å². The molecule has 7 nitrogen and oxygen atoms in total. The summed E-state index contributed by atoms with van der Waals surface area (Å²) in [4.78, 5) is 5.76. The Morgan fingerprint density at radius 3 is 2.67 bits per heavy atom. The molecule has 0 amide bonds. The first-order valence-corrected chi connectivity index (χ1v) is 8.45. The van der Waals surface area contributed by atoms with E-state index in [0.29, 0.717) is 29.3 Å². The maximum atomic E-state index is 12.4. The predicted molar refractivity (Wildman–Crippen MR) is 102 cm³/mol. The average Bonchev–Trinajstić information content (AvgIpc) is 3.15. The van der Waals surface area contributed by atoms with E-state index in [9.17, 15) is 8.78 Å². The van der Waals surface area contributed by atoms with E-state index in [1.807, 2.05) is 39.6 Å². The molecule has 1 unspecified atom stereocenters. The van der Waals surface area contributed by atoms with E-state index in [1.165, 1.54) is 4.80 Å². The van der Waals surface area contributed by atoms with Gasteiger partial charge in [0, 0.05) is 17.3 Å². The lowest BCUT2D eigenvalue weighted by Crippen LogP contribution is -2.11. The summed E-state index contributed by atoms with van der Waals surface area (Å²) >= 11 is 0. The summed E-state index contributed by atoms with van der Waals surface area (Å²) in [5.41, 5.74) is 4.67. The van der Waals surface area contributed by atoms with Crippen LogP contribution >= 0.6 is 9.24 Å². The van der Waals surface area contributed by atoms with Crippen LogP contribution in [0.5, 0.6) is 0 Å². The van der Waals surface area contributed by atoms with Crippen molar-refractivity contribution in [2.75, 3.05) is 0 Å². The molecule has 0 aliphatic heterocycles. The quantitative estimate of drug-likeness (QED) is 0.383. The monoisotopic (exact) mass is 387 g/mol. The SMILES string of the molecule is C=C(N/N=C(\P)C(F)F)c1ccc(Cn2nnc(-c3ccccc3)n2)nc1. The summed E-state index contributed by atoms with van der Waals surface area (Å²) in [5.74, 6) is 0.537. The van der Waals surface area contributed by atoms with E-state index >= 15 is 0 Å². The molecule has 2 heterocycles. The Morgan fingerprint density at radius 1 is 1.22 bits per heavy atom. The van der Waals surface area contributed by atoms with E-state index in [-0.39, 0.29) is 0 Å². The van der Waals surface area contributed by atoms with Gasteiger partial charge in [0.2, 0.25) is 5.82 Å². The lowest BCUT2D eigenvalue weighted by molar-refractivity contribution is 0.229. The zero-order valence-electron chi connectivity index (χ0n) is 14.1. The molecule has 1 N–H and O–H groups in total. The molecular formula is C17H16F2N7P. The molecule has 0 bridgehead atoms. The van der Waals surface area contributed by atoms with Gasteiger partial charge in [-0.25, -0.2) is 8.78 Å². The number of benzene rings is 1. The van der Waals surface area contributed by atoms with E-state index in [0.717, 1.165) is 5.56 Å². The molecular weight excluding hydrogens is 371 g/mol. The number of hydrogen-bond acceptors (Lipinski definition) is 6. The fraction of sp³-hybridized carbons (Fsp3) is 0.118. The highest BCUT2D eigenvalue weighted by Gasteiger charge is 2.08. The third-order valence-electron chi connectivity index (χ3n) is 3.50. The van der Waals surface area contributed by atoms with Crippen LogP contribution in [-0.4, -0.2) is 37.1 Å². The lowest BCUT2D eigenvalue weighted by Gasteiger charge is -2.07. The molecule has 0 saturated heterocycles. The number of pyridine rings is 1. The minimum Gasteiger partial charge on any atom is -0.278 e. The van der Waals surface area contributed by atoms with Gasteiger partial charge in [0.05, 0.1) is 11.4 Å². The molecule has 3 aromatic rings. The van der Waals surface area contributed by atoms with Crippen LogP contribution in [0.2, 0.25) is 0 Å². The third-order valence-corrected chi connectivity index (χ3v) is 3.89. The first kappa shape index (κ1) is 18.7. The van der Waals surface area contributed by atoms with Crippen LogP contribution in [0.3, 0.4) is 0 Å². The molecule has 1 atom stereocenters. The van der Waals surface area contributed by atoms with Crippen molar-refractivity contribution in [1.29, 1.82) is 0 Å². The molecule has 0 aliphatic carbocycles. The van der Waals surface area contributed by atoms with Gasteiger partial charge in [-0.15, -0.1) is 10.2 Å². The first-order chi connectivity index (χ1) is 13.0. The number of aromatic nitrogens is 5. The van der Waals surface area contributed by atoms with Gasteiger partial charge in [0.25, 0.3) is 6.43 Å². The second-order valence-corrected chi connectivity index (χ2v) is 6.07. The zero-order chi connectivity index (χ0) is 19.2. The number of hydrogen-bond donors (Lipinski definition) is 1. The predicted octanol–water partition coefficient (Wildman–Crippen LogP) is 2.80. The van der Waals surface area contributed by atoms with Gasteiger partial charge in [-0.3, -0.25) is 10.4 Å². The molecule has 2 aromatic heterocycles. The summed E-state index contributed by atoms with van der Waals surface area (Å²) in [6.45, 7) is 4.10. The highest BCUT2D eigenvalue weighted by Crippen LogP contribution is 2.13. The van der Waals surface area contributed by atoms with Gasteiger partial charge in [0.15, 0.2) is 0 Å². The van der Waals surface area contributed by atoms with E-state index in [1.54, 1.807) is 18.3 Å². The molecule has 3 rings (SSSR count). The summed E-state index contributed by atoms with van der Waals surface area (Å²) in [5, 5.41) is 15.9. The zero-order valence-corrected chi connectivity index (χ0v) is 15.3. The van der Waals surface area contributed by atoms with Crippen LogP contribution in [0.15, 0.2) is 60.3 Å². The van der Waals surface area contributed by atoms with Crippen molar-refractivity contribution in [3.63, 3.8) is 0 Å². The molecule has 0 aliphatic rings. The number of halogens is 2. The van der Waals surface area contributed by atoms with Crippen molar-refractivity contribution in [3.8, 4) is 11.4 Å². The largest absolute Gasteiger partial charge is 0.281 e. The van der Waals surface area contributed by atoms with Crippen LogP contribution in [0.25, 0.3) is 17.1 Å². The number of nitrogens with one attached hydrogen (secondary N) is 1. The van der Waals surface area contributed by atoms with Crippen molar-refractivity contribution in [1.82, 2.24) is 30.6 Å². The summed E-state index contributed by atoms with van der Waals surface area (Å²) < 4.78 is 24.8. The van der Waals surface area contributed by atoms with Gasteiger partial charge in [-0.05, 0) is 17.3 Å². The number of alkyl halides is 2. The smallest absolute Gasteiger partial charge is 0.278 e. The second-order valence-electron chi connectivity index (χ2n) is 5.48. The van der Waals surface area contributed by atoms with Crippen LogP contribution in [0.1, 0.15) is 11.3 Å². The third kappa shape index (κ3) is 4.98. The fourth-order valence-corrected chi connectivity index (χ4v) is 2.16. The van der Waals surface area contributed by atoms with E-state index < -0.39 is 11.9 Å². The maximum Gasteiger partial charge on any atom is 0.281 e. The Balaban J connectivity index is 1.64. The van der Waals surface area contributed by atoms with Gasteiger partial charge >= 0.3 is 0 Å². The van der Waals surface area contributed by atoms with Crippen molar-refractivity contribution in [2.24, 2.45) is 5.10 Å². The van der Waals surface area contributed by atoms with E-state index in [2.05, 4.69) is 37.5 Å². The van der Waals surface area contributed by atoms with Crippen molar-refractivity contribution in [2.45, 2.75) is 13.0 Å². The molecule has 0 radical (unpaired) electrons. The Kier molecular flexibility index (Phi) is 5.93. The maximum absolute atomic E-state index is 12.4. The molecule has 27 heavy (non-hydrogen) atoms. The number of nitrogens with zero attached hydrogens (tertiary/aromatic N) is 6. The number of rotatable bonds is 7. The summed E-state index contributed by atoms with van der Waals surface area (Å²) in [6.07, 6.45) is -1.08. The lowest BCUT2D eigenvalue weighted by atomic mass is 10.2. The van der Waals surface area contributed by atoms with Gasteiger partial charge < -0.3 is 0 Å².